The fourth-order valence-electron chi connectivity index (χ4n) is 0. The standard InChI is InChI=1S/CHF2NO2S/c2-1(5)7(3,4)6/h4H. The maximum Gasteiger partial charge on any atom is 0.427 e. The highest BCUT2D eigenvalue weighted by molar-refractivity contribution is 8.02. The lowest BCUT2D eigenvalue weighted by molar-refractivity contribution is 0.242. The smallest absolute Gasteiger partial charge is 0.241 e. The minimum absolute atomic E-state index is 2.73. The predicted molar refractivity (Wildman–Crippen MR) is 18.5 cm³/mol. The molecule has 0 saturated heterocycles. The first-order valence-corrected chi connectivity index (χ1v) is 2.58. The number of hydrogen-bond acceptors (Lipinski definition) is 3. The molecule has 0 spiro atoms. The topological polar surface area (TPSA) is 58.0 Å². The van der Waals surface area contributed by atoms with Gasteiger partial charge in [-0.1, -0.05) is 0 Å². The predicted octanol–water partition coefficient (Wildman–Crippen LogP) is 1.01. The van der Waals surface area contributed by atoms with Crippen LogP contribution in [0.15, 0.2) is 0 Å². The minimum atomic E-state index is -5.05. The number of carbonyl (C=O) groups is 1. The van der Waals surface area contributed by atoms with E-state index in [1.54, 1.807) is 0 Å². The summed E-state index contributed by atoms with van der Waals surface area (Å²) in [7, 11) is -5.05. The third kappa shape index (κ3) is 2.21. The highest BCUT2D eigenvalue weighted by Gasteiger charge is 2.13. The maximum absolute atomic E-state index is 11.0. The van der Waals surface area contributed by atoms with E-state index in [1.165, 1.54) is 0 Å². The van der Waals surface area contributed by atoms with E-state index in [2.05, 4.69) is 0 Å². The molecule has 6 heteroatoms. The van der Waals surface area contributed by atoms with Crippen LogP contribution >= 0.6 is 0 Å². The van der Waals surface area contributed by atoms with Crippen molar-refractivity contribution in [3.63, 3.8) is 0 Å². The molecule has 1 unspecified atom stereocenters. The first-order chi connectivity index (χ1) is 2.94. The summed E-state index contributed by atoms with van der Waals surface area (Å²) in [6.07, 6.45) is 0. The molecule has 3 nitrogen and oxygen atoms in total. The lowest BCUT2D eigenvalue weighted by atomic mass is 11.7. The van der Waals surface area contributed by atoms with Crippen molar-refractivity contribution in [3.05, 3.63) is 0 Å². The van der Waals surface area contributed by atoms with Crippen molar-refractivity contribution >= 4 is 15.5 Å². The third-order valence-corrected chi connectivity index (χ3v) is 0.619. The van der Waals surface area contributed by atoms with Crippen LogP contribution in [0.2, 0.25) is 0 Å². The van der Waals surface area contributed by atoms with Crippen molar-refractivity contribution in [2.75, 3.05) is 0 Å². The monoisotopic (exact) mass is 129 g/mol. The van der Waals surface area contributed by atoms with Gasteiger partial charge < -0.3 is 0 Å². The van der Waals surface area contributed by atoms with E-state index in [9.17, 15) is 8.28 Å². The van der Waals surface area contributed by atoms with Gasteiger partial charge in [-0.05, 0) is 0 Å². The number of rotatable bonds is 0. The first-order valence-electron chi connectivity index (χ1n) is 1.12. The molecule has 0 aliphatic heterocycles. The molecule has 0 aromatic heterocycles. The Bertz CT molecular complexity index is 170. The van der Waals surface area contributed by atoms with Crippen molar-refractivity contribution in [2.24, 2.45) is 0 Å². The van der Waals surface area contributed by atoms with Crippen molar-refractivity contribution in [1.29, 1.82) is 4.78 Å². The van der Waals surface area contributed by atoms with Crippen LogP contribution in [0.25, 0.3) is 0 Å². The molecular formula is CHF2NO2S. The van der Waals surface area contributed by atoms with Gasteiger partial charge in [0.2, 0.25) is 0 Å². The van der Waals surface area contributed by atoms with E-state index >= 15 is 0 Å². The quantitative estimate of drug-likeness (QED) is 0.496. The molecule has 0 aliphatic carbocycles. The Morgan fingerprint density at radius 1 is 1.71 bits per heavy atom. The van der Waals surface area contributed by atoms with Crippen LogP contribution in [0.5, 0.6) is 0 Å². The van der Waals surface area contributed by atoms with Gasteiger partial charge >= 0.3 is 5.37 Å². The highest BCUT2D eigenvalue weighted by Crippen LogP contribution is 1.95. The van der Waals surface area contributed by atoms with E-state index in [1.807, 2.05) is 0 Å². The van der Waals surface area contributed by atoms with Crippen LogP contribution < -0.4 is 0 Å². The van der Waals surface area contributed by atoms with Crippen LogP contribution in [-0.2, 0) is 10.1 Å². The van der Waals surface area contributed by atoms with Gasteiger partial charge in [0.05, 0.1) is 0 Å². The lowest BCUT2D eigenvalue weighted by Crippen LogP contribution is -1.94. The zero-order valence-electron chi connectivity index (χ0n) is 2.98. The van der Waals surface area contributed by atoms with E-state index in [0.717, 1.165) is 0 Å². The molecule has 0 rings (SSSR count). The molecule has 0 aromatic carbocycles. The van der Waals surface area contributed by atoms with Gasteiger partial charge in [-0.25, -0.2) is 13.8 Å². The van der Waals surface area contributed by atoms with Gasteiger partial charge in [0, 0.05) is 0 Å². The van der Waals surface area contributed by atoms with Crippen molar-refractivity contribution in [3.8, 4) is 0 Å². The second-order valence-corrected chi connectivity index (χ2v) is 2.02. The second-order valence-electron chi connectivity index (χ2n) is 0.724. The molecule has 42 valence electrons. The molecule has 7 heavy (non-hydrogen) atoms. The average Bonchev–Trinajstić information content (AvgIpc) is 1.31. The summed E-state index contributed by atoms with van der Waals surface area (Å²) >= 11 is 0. The van der Waals surface area contributed by atoms with Crippen LogP contribution in [0.3, 0.4) is 0 Å². The Hall–Kier alpha value is -0.520. The molecule has 0 aliphatic rings. The van der Waals surface area contributed by atoms with Crippen LogP contribution in [0.4, 0.5) is 13.1 Å². The molecule has 0 saturated carbocycles. The third-order valence-electron chi connectivity index (χ3n) is 0.206. The zero-order valence-corrected chi connectivity index (χ0v) is 3.80. The Balaban J connectivity index is 4.43. The van der Waals surface area contributed by atoms with Gasteiger partial charge in [-0.2, -0.15) is 0 Å². The minimum Gasteiger partial charge on any atom is -0.241 e. The summed E-state index contributed by atoms with van der Waals surface area (Å²) in [4.78, 5) is 8.96. The normalized spacial score (nSPS) is 18.0. The highest BCUT2D eigenvalue weighted by atomic mass is 32.3. The number of halogens is 2. The molecular weight excluding hydrogens is 128 g/mol. The molecule has 0 aromatic rings. The Morgan fingerprint density at radius 2 is 1.86 bits per heavy atom. The Morgan fingerprint density at radius 3 is 1.86 bits per heavy atom. The fraction of sp³-hybridized carbons (Fsp3) is 0. The van der Waals surface area contributed by atoms with E-state index in [0.29, 0.717) is 0 Å². The zero-order chi connectivity index (χ0) is 6.08. The van der Waals surface area contributed by atoms with E-state index < -0.39 is 15.5 Å². The molecule has 0 radical (unpaired) electrons. The lowest BCUT2D eigenvalue weighted by Gasteiger charge is -1.76. The molecule has 0 bridgehead atoms. The van der Waals surface area contributed by atoms with Gasteiger partial charge in [-0.15, -0.1) is 8.28 Å². The van der Waals surface area contributed by atoms with E-state index in [-0.39, 0.29) is 0 Å². The molecule has 0 heterocycles. The van der Waals surface area contributed by atoms with Crippen molar-refractivity contribution in [2.45, 2.75) is 0 Å². The average molecular weight is 129 g/mol. The van der Waals surface area contributed by atoms with Gasteiger partial charge in [-0.3, -0.25) is 0 Å². The molecule has 1 N–H and O–H groups in total. The second kappa shape index (κ2) is 1.53. The summed E-state index contributed by atoms with van der Waals surface area (Å²) in [5.41, 5.74) is 0. The van der Waals surface area contributed by atoms with E-state index in [4.69, 9.17) is 13.8 Å². The van der Waals surface area contributed by atoms with Gasteiger partial charge in [0.25, 0.3) is 10.1 Å². The van der Waals surface area contributed by atoms with Crippen LogP contribution in [-0.4, -0.2) is 9.58 Å². The maximum atomic E-state index is 11.0. The summed E-state index contributed by atoms with van der Waals surface area (Å²) in [5.74, 6) is 0. The number of carbonyl (C=O) groups excluding carboxylic acids is 1. The molecule has 0 amide bonds. The number of nitrogens with one attached hydrogen (secondary N) is 1. The largest absolute Gasteiger partial charge is 0.427 e. The Labute approximate surface area is 38.6 Å². The summed E-state index contributed by atoms with van der Waals surface area (Å²) in [6, 6.07) is 0. The first kappa shape index (κ1) is 6.48. The van der Waals surface area contributed by atoms with Gasteiger partial charge in [0.1, 0.15) is 0 Å². The summed E-state index contributed by atoms with van der Waals surface area (Å²) < 4.78 is 36.4. The molecule has 0 fully saturated rings. The fourth-order valence-corrected chi connectivity index (χ4v) is 0. The molecule has 1 atom stereocenters. The van der Waals surface area contributed by atoms with Crippen molar-refractivity contribution < 1.29 is 17.3 Å². The summed E-state index contributed by atoms with van der Waals surface area (Å²) in [5, 5.41) is -2.73. The van der Waals surface area contributed by atoms with Crippen molar-refractivity contribution in [1.82, 2.24) is 0 Å². The Kier molecular flexibility index (Phi) is 1.42. The van der Waals surface area contributed by atoms with Gasteiger partial charge in [0.15, 0.2) is 0 Å². The van der Waals surface area contributed by atoms with Crippen LogP contribution in [0.1, 0.15) is 0 Å². The SMILES string of the molecule is N=S(=O)(F)C(=O)F. The summed E-state index contributed by atoms with van der Waals surface area (Å²) in [6.45, 7) is 0. The number of hydrogen-bond donors (Lipinski definition) is 1. The van der Waals surface area contributed by atoms with Crippen LogP contribution in [0, 0.1) is 4.78 Å².